The molecule has 0 spiro atoms. The first kappa shape index (κ1) is 14.8. The van der Waals surface area contributed by atoms with Gasteiger partial charge in [0.1, 0.15) is 0 Å². The Bertz CT molecular complexity index is 386. The summed E-state index contributed by atoms with van der Waals surface area (Å²) in [4.78, 5) is 0. The van der Waals surface area contributed by atoms with Crippen LogP contribution in [0.4, 0.5) is 0 Å². The van der Waals surface area contributed by atoms with E-state index in [1.165, 1.54) is 24.8 Å². The molecule has 1 fully saturated rings. The average molecular weight is 282 g/mol. The summed E-state index contributed by atoms with van der Waals surface area (Å²) < 4.78 is 5.65. The summed E-state index contributed by atoms with van der Waals surface area (Å²) >= 11 is 5.99. The molecular weight excluding hydrogens is 258 g/mol. The second kappa shape index (κ2) is 6.74. The van der Waals surface area contributed by atoms with Gasteiger partial charge in [-0.1, -0.05) is 30.2 Å². The summed E-state index contributed by atoms with van der Waals surface area (Å²) in [7, 11) is 1.81. The van der Waals surface area contributed by atoms with E-state index >= 15 is 0 Å². The molecular formula is C16H24ClNO. The van der Waals surface area contributed by atoms with E-state index in [-0.39, 0.29) is 0 Å². The SMILES string of the molecule is COC(CCCN)CC1(c2ccc(Cl)cc2)CCC1. The first-order valence-electron chi connectivity index (χ1n) is 7.19. The van der Waals surface area contributed by atoms with Crippen LogP contribution in [0.25, 0.3) is 0 Å². The van der Waals surface area contributed by atoms with Crippen molar-refractivity contribution in [2.45, 2.75) is 50.0 Å². The van der Waals surface area contributed by atoms with Gasteiger partial charge >= 0.3 is 0 Å². The monoisotopic (exact) mass is 281 g/mol. The van der Waals surface area contributed by atoms with Crippen molar-refractivity contribution in [3.63, 3.8) is 0 Å². The molecule has 1 aliphatic rings. The van der Waals surface area contributed by atoms with Crippen LogP contribution in [-0.4, -0.2) is 19.8 Å². The molecule has 2 rings (SSSR count). The Hall–Kier alpha value is -0.570. The van der Waals surface area contributed by atoms with E-state index in [1.807, 2.05) is 19.2 Å². The lowest BCUT2D eigenvalue weighted by Crippen LogP contribution is -2.38. The van der Waals surface area contributed by atoms with Crippen molar-refractivity contribution >= 4 is 11.6 Å². The Morgan fingerprint density at radius 2 is 2.00 bits per heavy atom. The number of benzene rings is 1. The summed E-state index contributed by atoms with van der Waals surface area (Å²) in [5.74, 6) is 0. The fourth-order valence-electron chi connectivity index (χ4n) is 3.10. The minimum absolute atomic E-state index is 0.305. The minimum atomic E-state index is 0.305. The second-order valence-electron chi connectivity index (χ2n) is 5.63. The van der Waals surface area contributed by atoms with E-state index < -0.39 is 0 Å². The zero-order valence-electron chi connectivity index (χ0n) is 11.7. The maximum Gasteiger partial charge on any atom is 0.0580 e. The van der Waals surface area contributed by atoms with Crippen molar-refractivity contribution in [2.24, 2.45) is 5.73 Å². The first-order valence-corrected chi connectivity index (χ1v) is 7.57. The van der Waals surface area contributed by atoms with E-state index in [1.54, 1.807) is 0 Å². The molecule has 0 aliphatic heterocycles. The first-order chi connectivity index (χ1) is 9.20. The average Bonchev–Trinajstić information content (AvgIpc) is 2.39. The molecule has 19 heavy (non-hydrogen) atoms. The number of hydrogen-bond donors (Lipinski definition) is 1. The van der Waals surface area contributed by atoms with Gasteiger partial charge in [0, 0.05) is 12.1 Å². The van der Waals surface area contributed by atoms with Gasteiger partial charge in [0.25, 0.3) is 0 Å². The van der Waals surface area contributed by atoms with E-state index in [2.05, 4.69) is 12.1 Å². The Balaban J connectivity index is 2.07. The fraction of sp³-hybridized carbons (Fsp3) is 0.625. The van der Waals surface area contributed by atoms with Gasteiger partial charge in [0.05, 0.1) is 6.10 Å². The maximum atomic E-state index is 5.99. The Kier molecular flexibility index (Phi) is 5.26. The molecule has 1 saturated carbocycles. The molecule has 1 unspecified atom stereocenters. The van der Waals surface area contributed by atoms with Crippen LogP contribution in [0.15, 0.2) is 24.3 Å². The van der Waals surface area contributed by atoms with Gasteiger partial charge in [-0.2, -0.15) is 0 Å². The summed E-state index contributed by atoms with van der Waals surface area (Å²) in [5.41, 5.74) is 7.32. The van der Waals surface area contributed by atoms with E-state index in [0.717, 1.165) is 30.8 Å². The van der Waals surface area contributed by atoms with Crippen LogP contribution in [0.5, 0.6) is 0 Å². The highest BCUT2D eigenvalue weighted by Crippen LogP contribution is 2.48. The van der Waals surface area contributed by atoms with Crippen LogP contribution >= 0.6 is 11.6 Å². The van der Waals surface area contributed by atoms with Crippen LogP contribution in [0.2, 0.25) is 5.02 Å². The van der Waals surface area contributed by atoms with E-state index in [9.17, 15) is 0 Å². The lowest BCUT2D eigenvalue weighted by Gasteiger charge is -2.44. The zero-order chi connectivity index (χ0) is 13.7. The van der Waals surface area contributed by atoms with Gasteiger partial charge in [-0.3, -0.25) is 0 Å². The molecule has 106 valence electrons. The highest BCUT2D eigenvalue weighted by atomic mass is 35.5. The Labute approximate surface area is 121 Å². The number of methoxy groups -OCH3 is 1. The summed E-state index contributed by atoms with van der Waals surface area (Å²) in [6.07, 6.45) is 7.35. The third kappa shape index (κ3) is 3.50. The van der Waals surface area contributed by atoms with Crippen LogP contribution in [0.3, 0.4) is 0 Å². The van der Waals surface area contributed by atoms with Gasteiger partial charge in [-0.15, -0.1) is 0 Å². The predicted molar refractivity (Wildman–Crippen MR) is 80.7 cm³/mol. The molecule has 0 bridgehead atoms. The number of nitrogens with two attached hydrogens (primary N) is 1. The number of rotatable bonds is 7. The Morgan fingerprint density at radius 3 is 2.47 bits per heavy atom. The van der Waals surface area contributed by atoms with Crippen molar-refractivity contribution < 1.29 is 4.74 Å². The topological polar surface area (TPSA) is 35.2 Å². The van der Waals surface area contributed by atoms with Crippen LogP contribution in [0, 0.1) is 0 Å². The van der Waals surface area contributed by atoms with E-state index in [0.29, 0.717) is 11.5 Å². The van der Waals surface area contributed by atoms with Gasteiger partial charge in [-0.25, -0.2) is 0 Å². The molecule has 3 heteroatoms. The molecule has 2 N–H and O–H groups in total. The quantitative estimate of drug-likeness (QED) is 0.822. The standard InChI is InChI=1S/C16H24ClNO/c1-19-15(4-2-11-18)12-16(9-3-10-16)13-5-7-14(17)8-6-13/h5-8,15H,2-4,9-12,18H2,1H3. The summed E-state index contributed by atoms with van der Waals surface area (Å²) in [6.45, 7) is 0.744. The molecule has 0 radical (unpaired) electrons. The number of halogens is 1. The number of hydrogen-bond acceptors (Lipinski definition) is 2. The third-order valence-corrected chi connectivity index (χ3v) is 4.70. The molecule has 0 amide bonds. The van der Waals surface area contributed by atoms with Crippen molar-refractivity contribution in [3.05, 3.63) is 34.9 Å². The zero-order valence-corrected chi connectivity index (χ0v) is 12.5. The second-order valence-corrected chi connectivity index (χ2v) is 6.07. The van der Waals surface area contributed by atoms with Gasteiger partial charge in [0.15, 0.2) is 0 Å². The maximum absolute atomic E-state index is 5.99. The summed E-state index contributed by atoms with van der Waals surface area (Å²) in [6, 6.07) is 8.35. The largest absolute Gasteiger partial charge is 0.381 e. The van der Waals surface area contributed by atoms with Gasteiger partial charge in [0.2, 0.25) is 0 Å². The smallest absolute Gasteiger partial charge is 0.0580 e. The molecule has 2 nitrogen and oxygen atoms in total. The molecule has 1 atom stereocenters. The molecule has 1 aromatic carbocycles. The lowest BCUT2D eigenvalue weighted by molar-refractivity contribution is 0.0446. The van der Waals surface area contributed by atoms with Crippen molar-refractivity contribution in [2.75, 3.05) is 13.7 Å². The highest BCUT2D eigenvalue weighted by molar-refractivity contribution is 6.30. The molecule has 0 aromatic heterocycles. The van der Waals surface area contributed by atoms with Crippen LogP contribution in [0.1, 0.15) is 44.1 Å². The highest BCUT2D eigenvalue weighted by Gasteiger charge is 2.40. The van der Waals surface area contributed by atoms with Crippen LogP contribution in [-0.2, 0) is 10.2 Å². The van der Waals surface area contributed by atoms with Gasteiger partial charge < -0.3 is 10.5 Å². The molecule has 1 aliphatic carbocycles. The normalized spacial score (nSPS) is 18.9. The van der Waals surface area contributed by atoms with Crippen molar-refractivity contribution in [1.82, 2.24) is 0 Å². The number of ether oxygens (including phenoxy) is 1. The molecule has 0 heterocycles. The molecule has 1 aromatic rings. The Morgan fingerprint density at radius 1 is 1.32 bits per heavy atom. The predicted octanol–water partition coefficient (Wildman–Crippen LogP) is 3.91. The lowest BCUT2D eigenvalue weighted by atomic mass is 9.61. The fourth-order valence-corrected chi connectivity index (χ4v) is 3.23. The van der Waals surface area contributed by atoms with E-state index in [4.69, 9.17) is 22.1 Å². The third-order valence-electron chi connectivity index (χ3n) is 4.45. The summed E-state index contributed by atoms with van der Waals surface area (Å²) in [5, 5.41) is 0.810. The van der Waals surface area contributed by atoms with Crippen molar-refractivity contribution in [3.8, 4) is 0 Å². The minimum Gasteiger partial charge on any atom is -0.381 e. The molecule has 0 saturated heterocycles. The van der Waals surface area contributed by atoms with Gasteiger partial charge in [-0.05, 0) is 61.8 Å². The van der Waals surface area contributed by atoms with Crippen LogP contribution < -0.4 is 5.73 Å². The van der Waals surface area contributed by atoms with Crippen molar-refractivity contribution in [1.29, 1.82) is 0 Å².